The Kier molecular flexibility index (Phi) is 2.60. The number of oxazole rings is 1. The zero-order valence-corrected chi connectivity index (χ0v) is 11.4. The van der Waals surface area contributed by atoms with E-state index >= 15 is 0 Å². The lowest BCUT2D eigenvalue weighted by molar-refractivity contribution is 0.415. The van der Waals surface area contributed by atoms with Gasteiger partial charge in [-0.3, -0.25) is 4.98 Å². The molecule has 0 saturated carbocycles. The monoisotopic (exact) mass is 276 g/mol. The number of ether oxygens (including phenoxy) is 1. The molecule has 4 nitrogen and oxygen atoms in total. The zero-order valence-electron chi connectivity index (χ0n) is 11.4. The van der Waals surface area contributed by atoms with Gasteiger partial charge in [0.15, 0.2) is 5.58 Å². The van der Waals surface area contributed by atoms with Crippen LogP contribution in [0.15, 0.2) is 59.1 Å². The molecule has 0 N–H and O–H groups in total. The summed E-state index contributed by atoms with van der Waals surface area (Å²) in [6.07, 6.45) is 1.74. The molecular weight excluding hydrogens is 264 g/mol. The van der Waals surface area contributed by atoms with Crippen LogP contribution in [0.3, 0.4) is 0 Å². The Labute approximate surface area is 121 Å². The highest BCUT2D eigenvalue weighted by molar-refractivity contribution is 6.00. The zero-order chi connectivity index (χ0) is 14.2. The molecule has 0 atom stereocenters. The van der Waals surface area contributed by atoms with Crippen LogP contribution in [-0.2, 0) is 0 Å². The molecule has 21 heavy (non-hydrogen) atoms. The molecule has 0 unspecified atom stereocenters. The van der Waals surface area contributed by atoms with E-state index in [2.05, 4.69) is 9.97 Å². The van der Waals surface area contributed by atoms with Gasteiger partial charge in [-0.15, -0.1) is 0 Å². The maximum absolute atomic E-state index is 5.95. The first-order valence-electron chi connectivity index (χ1n) is 6.64. The van der Waals surface area contributed by atoms with Crippen molar-refractivity contribution in [1.29, 1.82) is 0 Å². The Balaban J connectivity index is 1.91. The largest absolute Gasteiger partial charge is 0.497 e. The van der Waals surface area contributed by atoms with Crippen LogP contribution in [0.25, 0.3) is 33.5 Å². The Morgan fingerprint density at radius 1 is 0.952 bits per heavy atom. The van der Waals surface area contributed by atoms with E-state index < -0.39 is 0 Å². The standard InChI is InChI=1S/C17H12N2O2/c1-20-12-8-6-11(7-9-12)17-19-15-10-18-14-5-3-2-4-13(14)16(15)21-17/h2-10H,1H3. The van der Waals surface area contributed by atoms with Crippen molar-refractivity contribution in [2.75, 3.05) is 7.11 Å². The molecular formula is C17H12N2O2. The predicted molar refractivity (Wildman–Crippen MR) is 81.3 cm³/mol. The van der Waals surface area contributed by atoms with Crippen molar-refractivity contribution in [3.8, 4) is 17.2 Å². The van der Waals surface area contributed by atoms with Gasteiger partial charge in [0.1, 0.15) is 11.3 Å². The van der Waals surface area contributed by atoms with Gasteiger partial charge in [-0.05, 0) is 36.4 Å². The first kappa shape index (κ1) is 11.9. The van der Waals surface area contributed by atoms with Gasteiger partial charge in [0.05, 0.1) is 18.8 Å². The molecule has 102 valence electrons. The highest BCUT2D eigenvalue weighted by Gasteiger charge is 2.11. The number of hydrogen-bond acceptors (Lipinski definition) is 4. The summed E-state index contributed by atoms with van der Waals surface area (Å²) in [5, 5.41) is 0.974. The van der Waals surface area contributed by atoms with Crippen LogP contribution in [0.2, 0.25) is 0 Å². The molecule has 0 fully saturated rings. The lowest BCUT2D eigenvalue weighted by atomic mass is 10.2. The summed E-state index contributed by atoms with van der Waals surface area (Å²) in [6.45, 7) is 0. The number of pyridine rings is 1. The Morgan fingerprint density at radius 2 is 1.76 bits per heavy atom. The molecule has 4 rings (SSSR count). The van der Waals surface area contributed by atoms with E-state index in [9.17, 15) is 0 Å². The van der Waals surface area contributed by atoms with E-state index in [0.29, 0.717) is 5.89 Å². The molecule has 2 aromatic carbocycles. The van der Waals surface area contributed by atoms with Crippen molar-refractivity contribution in [2.45, 2.75) is 0 Å². The van der Waals surface area contributed by atoms with Gasteiger partial charge >= 0.3 is 0 Å². The molecule has 0 bridgehead atoms. The van der Waals surface area contributed by atoms with Crippen molar-refractivity contribution in [3.63, 3.8) is 0 Å². The lowest BCUT2D eigenvalue weighted by Crippen LogP contribution is -1.82. The third-order valence-corrected chi connectivity index (χ3v) is 3.46. The fraction of sp³-hybridized carbons (Fsp3) is 0.0588. The lowest BCUT2D eigenvalue weighted by Gasteiger charge is -1.99. The first-order valence-corrected chi connectivity index (χ1v) is 6.64. The molecule has 2 aromatic heterocycles. The number of benzene rings is 2. The second-order valence-corrected chi connectivity index (χ2v) is 4.74. The normalized spacial score (nSPS) is 11.1. The molecule has 2 heterocycles. The molecule has 0 aliphatic heterocycles. The van der Waals surface area contributed by atoms with Crippen molar-refractivity contribution >= 4 is 22.0 Å². The van der Waals surface area contributed by atoms with Crippen molar-refractivity contribution in [3.05, 3.63) is 54.7 Å². The fourth-order valence-electron chi connectivity index (χ4n) is 2.38. The number of aromatic nitrogens is 2. The van der Waals surface area contributed by atoms with Gasteiger partial charge in [-0.2, -0.15) is 0 Å². The maximum atomic E-state index is 5.95. The van der Waals surface area contributed by atoms with Gasteiger partial charge < -0.3 is 9.15 Å². The number of para-hydroxylation sites is 1. The second kappa shape index (κ2) is 4.59. The molecule has 0 radical (unpaired) electrons. The highest BCUT2D eigenvalue weighted by Crippen LogP contribution is 2.29. The molecule has 4 aromatic rings. The second-order valence-electron chi connectivity index (χ2n) is 4.74. The molecule has 4 heteroatoms. The number of fused-ring (bicyclic) bond motifs is 3. The quantitative estimate of drug-likeness (QED) is 0.554. The topological polar surface area (TPSA) is 48.2 Å². The highest BCUT2D eigenvalue weighted by atomic mass is 16.5. The van der Waals surface area contributed by atoms with Crippen LogP contribution in [0.1, 0.15) is 0 Å². The van der Waals surface area contributed by atoms with Gasteiger partial charge in [0.25, 0.3) is 0 Å². The molecule has 0 saturated heterocycles. The Hall–Kier alpha value is -2.88. The van der Waals surface area contributed by atoms with Crippen LogP contribution in [0.5, 0.6) is 5.75 Å². The number of methoxy groups -OCH3 is 1. The van der Waals surface area contributed by atoms with Crippen LogP contribution in [-0.4, -0.2) is 17.1 Å². The number of hydrogen-bond donors (Lipinski definition) is 0. The molecule has 0 aliphatic carbocycles. The van der Waals surface area contributed by atoms with Crippen molar-refractivity contribution in [2.24, 2.45) is 0 Å². The summed E-state index contributed by atoms with van der Waals surface area (Å²) in [6, 6.07) is 15.5. The van der Waals surface area contributed by atoms with Gasteiger partial charge in [0, 0.05) is 10.9 Å². The van der Waals surface area contributed by atoms with Gasteiger partial charge in [-0.25, -0.2) is 4.98 Å². The third kappa shape index (κ3) is 1.92. The Bertz CT molecular complexity index is 926. The van der Waals surface area contributed by atoms with E-state index in [1.54, 1.807) is 13.3 Å². The summed E-state index contributed by atoms with van der Waals surface area (Å²) >= 11 is 0. The van der Waals surface area contributed by atoms with Crippen LogP contribution < -0.4 is 4.74 Å². The van der Waals surface area contributed by atoms with Gasteiger partial charge in [-0.1, -0.05) is 12.1 Å². The van der Waals surface area contributed by atoms with E-state index in [-0.39, 0.29) is 0 Å². The van der Waals surface area contributed by atoms with Crippen LogP contribution >= 0.6 is 0 Å². The summed E-state index contributed by atoms with van der Waals surface area (Å²) in [5.41, 5.74) is 3.35. The van der Waals surface area contributed by atoms with E-state index in [0.717, 1.165) is 33.3 Å². The summed E-state index contributed by atoms with van der Waals surface area (Å²) < 4.78 is 11.1. The van der Waals surface area contributed by atoms with Crippen LogP contribution in [0, 0.1) is 0 Å². The van der Waals surface area contributed by atoms with Crippen LogP contribution in [0.4, 0.5) is 0 Å². The molecule has 0 amide bonds. The van der Waals surface area contributed by atoms with Crippen molar-refractivity contribution in [1.82, 2.24) is 9.97 Å². The minimum atomic E-state index is 0.589. The fourth-order valence-corrected chi connectivity index (χ4v) is 2.38. The van der Waals surface area contributed by atoms with Gasteiger partial charge in [0.2, 0.25) is 5.89 Å². The summed E-state index contributed by atoms with van der Waals surface area (Å²) in [7, 11) is 1.65. The number of rotatable bonds is 2. The van der Waals surface area contributed by atoms with E-state index in [4.69, 9.17) is 9.15 Å². The third-order valence-electron chi connectivity index (χ3n) is 3.46. The molecule has 0 aliphatic rings. The van der Waals surface area contributed by atoms with E-state index in [1.807, 2.05) is 48.5 Å². The van der Waals surface area contributed by atoms with E-state index in [1.165, 1.54) is 0 Å². The number of nitrogens with zero attached hydrogens (tertiary/aromatic N) is 2. The average molecular weight is 276 g/mol. The Morgan fingerprint density at radius 3 is 2.57 bits per heavy atom. The predicted octanol–water partition coefficient (Wildman–Crippen LogP) is 4.05. The molecule has 0 spiro atoms. The minimum Gasteiger partial charge on any atom is -0.497 e. The van der Waals surface area contributed by atoms with Crippen molar-refractivity contribution < 1.29 is 9.15 Å². The first-order chi connectivity index (χ1) is 10.3. The summed E-state index contributed by atoms with van der Waals surface area (Å²) in [4.78, 5) is 8.92. The smallest absolute Gasteiger partial charge is 0.227 e. The SMILES string of the molecule is COc1ccc(-c2nc3cnc4ccccc4c3o2)cc1. The average Bonchev–Trinajstić information content (AvgIpc) is 2.99. The maximum Gasteiger partial charge on any atom is 0.227 e. The minimum absolute atomic E-state index is 0.589. The summed E-state index contributed by atoms with van der Waals surface area (Å²) in [5.74, 6) is 1.40.